The van der Waals surface area contributed by atoms with Gasteiger partial charge in [0, 0.05) is 0 Å². The number of hydrogen-bond donors (Lipinski definition) is 1. The van der Waals surface area contributed by atoms with Crippen LogP contribution in [0.4, 0.5) is 0 Å². The van der Waals surface area contributed by atoms with Crippen molar-refractivity contribution in [2.45, 2.75) is 27.2 Å². The van der Waals surface area contributed by atoms with Gasteiger partial charge in [-0.05, 0) is 50.0 Å². The maximum Gasteiger partial charge on any atom is 0.203 e. The molecule has 0 heterocycles. The van der Waals surface area contributed by atoms with Gasteiger partial charge in [0.05, 0.1) is 20.8 Å². The summed E-state index contributed by atoms with van der Waals surface area (Å²) < 4.78 is 16.5. The molecule has 0 saturated carbocycles. The van der Waals surface area contributed by atoms with E-state index in [4.69, 9.17) is 14.2 Å². The summed E-state index contributed by atoms with van der Waals surface area (Å²) in [5, 5.41) is 3.39. The van der Waals surface area contributed by atoms with Gasteiger partial charge in [-0.3, -0.25) is 0 Å². The zero-order chi connectivity index (χ0) is 15.0. The van der Waals surface area contributed by atoms with Crippen molar-refractivity contribution < 1.29 is 14.2 Å². The highest BCUT2D eigenvalue weighted by atomic mass is 16.5. The Labute approximate surface area is 122 Å². The minimum absolute atomic E-state index is 0.640. The number of rotatable bonds is 9. The zero-order valence-corrected chi connectivity index (χ0v) is 13.3. The van der Waals surface area contributed by atoms with Crippen LogP contribution in [0, 0.1) is 12.8 Å². The second-order valence-corrected chi connectivity index (χ2v) is 5.30. The monoisotopic (exact) mass is 281 g/mol. The van der Waals surface area contributed by atoms with Crippen molar-refractivity contribution in [3.8, 4) is 17.2 Å². The van der Waals surface area contributed by atoms with Gasteiger partial charge in [-0.25, -0.2) is 0 Å². The Morgan fingerprint density at radius 1 is 1.10 bits per heavy atom. The molecule has 4 heteroatoms. The molecule has 0 atom stereocenters. The van der Waals surface area contributed by atoms with Gasteiger partial charge in [-0.15, -0.1) is 0 Å². The standard InChI is InChI=1S/C16H27NO3/c1-12(2)11-17-7-6-8-20-16-14(18-4)9-13(3)10-15(16)19-5/h9-10,12,17H,6-8,11H2,1-5H3. The molecule has 1 rings (SSSR count). The Hall–Kier alpha value is -1.42. The molecule has 0 aliphatic rings. The molecule has 0 amide bonds. The quantitative estimate of drug-likeness (QED) is 0.706. The molecule has 0 bridgehead atoms. The second kappa shape index (κ2) is 8.69. The lowest BCUT2D eigenvalue weighted by Crippen LogP contribution is -2.22. The van der Waals surface area contributed by atoms with Gasteiger partial charge in [0.1, 0.15) is 0 Å². The van der Waals surface area contributed by atoms with Crippen LogP contribution in [0.25, 0.3) is 0 Å². The molecule has 20 heavy (non-hydrogen) atoms. The van der Waals surface area contributed by atoms with E-state index in [0.717, 1.165) is 36.6 Å². The largest absolute Gasteiger partial charge is 0.493 e. The van der Waals surface area contributed by atoms with E-state index in [1.165, 1.54) is 0 Å². The number of hydrogen-bond acceptors (Lipinski definition) is 4. The lowest BCUT2D eigenvalue weighted by Gasteiger charge is -2.15. The van der Waals surface area contributed by atoms with Crippen molar-refractivity contribution in [2.75, 3.05) is 33.9 Å². The highest BCUT2D eigenvalue weighted by molar-refractivity contribution is 5.53. The fraction of sp³-hybridized carbons (Fsp3) is 0.625. The van der Waals surface area contributed by atoms with Gasteiger partial charge < -0.3 is 19.5 Å². The number of methoxy groups -OCH3 is 2. The van der Waals surface area contributed by atoms with Crippen molar-refractivity contribution in [1.29, 1.82) is 0 Å². The molecule has 0 unspecified atom stereocenters. The van der Waals surface area contributed by atoms with E-state index >= 15 is 0 Å². The molecule has 0 fully saturated rings. The van der Waals surface area contributed by atoms with Gasteiger partial charge in [0.25, 0.3) is 0 Å². The second-order valence-electron chi connectivity index (χ2n) is 5.30. The first kappa shape index (κ1) is 16.6. The Bertz CT molecular complexity index is 380. The van der Waals surface area contributed by atoms with Crippen LogP contribution in [-0.4, -0.2) is 33.9 Å². The van der Waals surface area contributed by atoms with Crippen molar-refractivity contribution in [3.63, 3.8) is 0 Å². The van der Waals surface area contributed by atoms with Gasteiger partial charge in [0.2, 0.25) is 5.75 Å². The molecule has 4 nitrogen and oxygen atoms in total. The van der Waals surface area contributed by atoms with E-state index in [1.54, 1.807) is 14.2 Å². The average molecular weight is 281 g/mol. The van der Waals surface area contributed by atoms with E-state index in [2.05, 4.69) is 19.2 Å². The summed E-state index contributed by atoms with van der Waals surface area (Å²) >= 11 is 0. The summed E-state index contributed by atoms with van der Waals surface area (Å²) in [6, 6.07) is 3.91. The molecule has 0 radical (unpaired) electrons. The van der Waals surface area contributed by atoms with E-state index in [0.29, 0.717) is 18.3 Å². The molecule has 1 aromatic carbocycles. The van der Waals surface area contributed by atoms with Gasteiger partial charge in [0.15, 0.2) is 11.5 Å². The first-order valence-electron chi connectivity index (χ1n) is 7.14. The molecule has 0 aromatic heterocycles. The van der Waals surface area contributed by atoms with Crippen molar-refractivity contribution in [1.82, 2.24) is 5.32 Å². The van der Waals surface area contributed by atoms with E-state index in [-0.39, 0.29) is 0 Å². The fourth-order valence-electron chi connectivity index (χ4n) is 1.92. The number of benzene rings is 1. The lowest BCUT2D eigenvalue weighted by atomic mass is 10.2. The summed E-state index contributed by atoms with van der Waals surface area (Å²) in [5.74, 6) is 2.80. The highest BCUT2D eigenvalue weighted by Gasteiger charge is 2.12. The third-order valence-electron chi connectivity index (χ3n) is 2.90. The summed E-state index contributed by atoms with van der Waals surface area (Å²) in [6.07, 6.45) is 0.951. The summed E-state index contributed by atoms with van der Waals surface area (Å²) in [7, 11) is 3.29. The smallest absolute Gasteiger partial charge is 0.203 e. The summed E-state index contributed by atoms with van der Waals surface area (Å²) in [5.41, 5.74) is 1.09. The number of ether oxygens (including phenoxy) is 3. The van der Waals surface area contributed by atoms with Crippen LogP contribution in [0.15, 0.2) is 12.1 Å². The van der Waals surface area contributed by atoms with Crippen molar-refractivity contribution >= 4 is 0 Å². The van der Waals surface area contributed by atoms with Crippen molar-refractivity contribution in [2.24, 2.45) is 5.92 Å². The minimum atomic E-state index is 0.640. The summed E-state index contributed by atoms with van der Waals surface area (Å²) in [6.45, 7) is 9.04. The zero-order valence-electron chi connectivity index (χ0n) is 13.3. The Kier molecular flexibility index (Phi) is 7.23. The van der Waals surface area contributed by atoms with Crippen LogP contribution >= 0.6 is 0 Å². The third kappa shape index (κ3) is 5.29. The van der Waals surface area contributed by atoms with Gasteiger partial charge in [-0.2, -0.15) is 0 Å². The van der Waals surface area contributed by atoms with Gasteiger partial charge in [-0.1, -0.05) is 13.8 Å². The Balaban J connectivity index is 2.50. The first-order chi connectivity index (χ1) is 9.58. The number of nitrogens with one attached hydrogen (secondary N) is 1. The molecule has 0 spiro atoms. The predicted octanol–water partition coefficient (Wildman–Crippen LogP) is 3.03. The van der Waals surface area contributed by atoms with Crippen LogP contribution in [0.1, 0.15) is 25.8 Å². The lowest BCUT2D eigenvalue weighted by molar-refractivity contribution is 0.269. The molecule has 0 saturated heterocycles. The topological polar surface area (TPSA) is 39.7 Å². The maximum atomic E-state index is 5.82. The SMILES string of the molecule is COc1cc(C)cc(OC)c1OCCCNCC(C)C. The molecule has 114 valence electrons. The fourth-order valence-corrected chi connectivity index (χ4v) is 1.92. The van der Waals surface area contributed by atoms with Crippen molar-refractivity contribution in [3.05, 3.63) is 17.7 Å². The highest BCUT2D eigenvalue weighted by Crippen LogP contribution is 2.38. The molecule has 1 aromatic rings. The normalized spacial score (nSPS) is 10.7. The van der Waals surface area contributed by atoms with Crippen LogP contribution in [-0.2, 0) is 0 Å². The minimum Gasteiger partial charge on any atom is -0.493 e. The summed E-state index contributed by atoms with van der Waals surface area (Å²) in [4.78, 5) is 0. The van der Waals surface area contributed by atoms with Crippen LogP contribution in [0.5, 0.6) is 17.2 Å². The Morgan fingerprint density at radius 3 is 2.20 bits per heavy atom. The van der Waals surface area contributed by atoms with E-state index in [9.17, 15) is 0 Å². The average Bonchev–Trinajstić information content (AvgIpc) is 2.42. The van der Waals surface area contributed by atoms with Gasteiger partial charge >= 0.3 is 0 Å². The maximum absolute atomic E-state index is 5.82. The van der Waals surface area contributed by atoms with E-state index in [1.807, 2.05) is 19.1 Å². The first-order valence-corrected chi connectivity index (χ1v) is 7.14. The molecular formula is C16H27NO3. The molecule has 0 aliphatic heterocycles. The predicted molar refractivity (Wildman–Crippen MR) is 82.1 cm³/mol. The van der Waals surface area contributed by atoms with Crippen LogP contribution in [0.2, 0.25) is 0 Å². The van der Waals surface area contributed by atoms with Crippen LogP contribution in [0.3, 0.4) is 0 Å². The molecule has 1 N–H and O–H groups in total. The number of aryl methyl sites for hydroxylation is 1. The van der Waals surface area contributed by atoms with Crippen LogP contribution < -0.4 is 19.5 Å². The van der Waals surface area contributed by atoms with E-state index < -0.39 is 0 Å². The molecular weight excluding hydrogens is 254 g/mol. The molecule has 0 aliphatic carbocycles. The third-order valence-corrected chi connectivity index (χ3v) is 2.90. The Morgan fingerprint density at radius 2 is 1.70 bits per heavy atom.